The number of fused-ring (bicyclic) bond motifs is 4. The summed E-state index contributed by atoms with van der Waals surface area (Å²) in [5.41, 5.74) is 2.65. The molecule has 3 aliphatic heterocycles. The molecule has 1 aromatic heterocycles. The van der Waals surface area contributed by atoms with Crippen molar-refractivity contribution in [1.29, 1.82) is 0 Å². The molecule has 3 atom stereocenters. The first kappa shape index (κ1) is 22.3. The van der Waals surface area contributed by atoms with Gasteiger partial charge < -0.3 is 14.4 Å². The molecule has 2 saturated heterocycles. The van der Waals surface area contributed by atoms with Gasteiger partial charge in [-0.3, -0.25) is 15.0 Å². The minimum absolute atomic E-state index is 0.0180. The maximum atomic E-state index is 12.9. The van der Waals surface area contributed by atoms with Gasteiger partial charge in [0.05, 0.1) is 35.9 Å². The zero-order chi connectivity index (χ0) is 23.8. The van der Waals surface area contributed by atoms with Crippen LogP contribution in [0.2, 0.25) is 0 Å². The molecular weight excluding hydrogens is 438 g/mol. The lowest BCUT2D eigenvalue weighted by molar-refractivity contribution is -0.384. The molecule has 0 saturated carbocycles. The molecule has 0 aliphatic carbocycles. The second-order valence-corrected chi connectivity index (χ2v) is 8.88. The van der Waals surface area contributed by atoms with Crippen molar-refractivity contribution in [2.45, 2.75) is 44.3 Å². The smallest absolute Gasteiger partial charge is 0.410 e. The van der Waals surface area contributed by atoms with Crippen LogP contribution in [0.4, 0.5) is 16.3 Å². The fourth-order valence-corrected chi connectivity index (χ4v) is 5.19. The van der Waals surface area contributed by atoms with Crippen molar-refractivity contribution >= 4 is 17.6 Å². The van der Waals surface area contributed by atoms with Crippen LogP contribution in [0.25, 0.3) is 11.4 Å². The lowest BCUT2D eigenvalue weighted by Crippen LogP contribution is -2.47. The van der Waals surface area contributed by atoms with Crippen LogP contribution in [-0.2, 0) is 15.9 Å². The van der Waals surface area contributed by atoms with E-state index in [1.807, 2.05) is 4.90 Å². The number of nitro benzene ring substituents is 1. The number of hydrogen-bond donors (Lipinski definition) is 0. The third-order valence-electron chi connectivity index (χ3n) is 6.78. The topological polar surface area (TPSA) is 111 Å². The van der Waals surface area contributed by atoms with Gasteiger partial charge in [0.1, 0.15) is 12.4 Å². The molecule has 1 amide bonds. The van der Waals surface area contributed by atoms with E-state index in [4.69, 9.17) is 19.4 Å². The second-order valence-electron chi connectivity index (χ2n) is 8.88. The summed E-state index contributed by atoms with van der Waals surface area (Å²) >= 11 is 0. The van der Waals surface area contributed by atoms with E-state index in [9.17, 15) is 14.9 Å². The normalized spacial score (nSPS) is 23.4. The summed E-state index contributed by atoms with van der Waals surface area (Å²) in [5, 5.41) is 11.1. The molecule has 2 fully saturated rings. The number of aromatic nitrogens is 2. The zero-order valence-corrected chi connectivity index (χ0v) is 19.1. The summed E-state index contributed by atoms with van der Waals surface area (Å²) in [6.45, 7) is 7.76. The van der Waals surface area contributed by atoms with Gasteiger partial charge >= 0.3 is 6.09 Å². The van der Waals surface area contributed by atoms with E-state index in [1.54, 1.807) is 18.2 Å². The fourth-order valence-electron chi connectivity index (χ4n) is 5.19. The second kappa shape index (κ2) is 9.02. The molecule has 3 aliphatic rings. The van der Waals surface area contributed by atoms with Gasteiger partial charge in [0.15, 0.2) is 5.82 Å². The van der Waals surface area contributed by atoms with E-state index >= 15 is 0 Å². The number of carbonyl (C=O) groups is 1. The van der Waals surface area contributed by atoms with Crippen LogP contribution in [0.5, 0.6) is 0 Å². The predicted octanol–water partition coefficient (Wildman–Crippen LogP) is 3.66. The van der Waals surface area contributed by atoms with Crippen LogP contribution >= 0.6 is 0 Å². The van der Waals surface area contributed by atoms with E-state index in [1.165, 1.54) is 12.1 Å². The largest absolute Gasteiger partial charge is 0.445 e. The lowest BCUT2D eigenvalue weighted by Gasteiger charge is -2.40. The van der Waals surface area contributed by atoms with Crippen molar-refractivity contribution in [2.75, 3.05) is 31.3 Å². The Balaban J connectivity index is 1.60. The molecule has 178 valence electrons. The van der Waals surface area contributed by atoms with Gasteiger partial charge in [-0.15, -0.1) is 0 Å². The highest BCUT2D eigenvalue weighted by atomic mass is 16.6. The zero-order valence-electron chi connectivity index (χ0n) is 19.1. The first-order valence-electron chi connectivity index (χ1n) is 11.5. The molecule has 10 nitrogen and oxygen atoms in total. The molecule has 4 heterocycles. The van der Waals surface area contributed by atoms with Gasteiger partial charge in [0, 0.05) is 42.3 Å². The molecule has 0 radical (unpaired) electrons. The Labute approximate surface area is 197 Å². The van der Waals surface area contributed by atoms with E-state index in [0.29, 0.717) is 32.0 Å². The minimum atomic E-state index is -0.421. The summed E-state index contributed by atoms with van der Waals surface area (Å²) in [7, 11) is 0. The Hall–Kier alpha value is -3.53. The van der Waals surface area contributed by atoms with Crippen LogP contribution in [0.1, 0.15) is 37.1 Å². The molecule has 5 rings (SSSR count). The van der Waals surface area contributed by atoms with Gasteiger partial charge in [0.2, 0.25) is 0 Å². The molecule has 2 bridgehead atoms. The third kappa shape index (κ3) is 3.87. The predicted molar refractivity (Wildman–Crippen MR) is 125 cm³/mol. The first-order chi connectivity index (χ1) is 16.5. The maximum absolute atomic E-state index is 12.9. The van der Waals surface area contributed by atoms with Crippen molar-refractivity contribution in [3.63, 3.8) is 0 Å². The lowest BCUT2D eigenvalue weighted by atomic mass is 9.97. The van der Waals surface area contributed by atoms with Crippen LogP contribution in [0.3, 0.4) is 0 Å². The van der Waals surface area contributed by atoms with Gasteiger partial charge in [-0.25, -0.2) is 14.8 Å². The molecule has 0 unspecified atom stereocenters. The van der Waals surface area contributed by atoms with E-state index in [2.05, 4.69) is 18.4 Å². The highest BCUT2D eigenvalue weighted by Crippen LogP contribution is 2.47. The average molecular weight is 466 g/mol. The van der Waals surface area contributed by atoms with E-state index < -0.39 is 4.92 Å². The maximum Gasteiger partial charge on any atom is 0.410 e. The van der Waals surface area contributed by atoms with Crippen molar-refractivity contribution in [1.82, 2.24) is 14.9 Å². The Bertz CT molecular complexity index is 1120. The van der Waals surface area contributed by atoms with Gasteiger partial charge in [-0.05, 0) is 31.9 Å². The number of hydrogen-bond acceptors (Lipinski definition) is 8. The Morgan fingerprint density at radius 1 is 1.32 bits per heavy atom. The van der Waals surface area contributed by atoms with Crippen LogP contribution < -0.4 is 4.90 Å². The Morgan fingerprint density at radius 2 is 2.12 bits per heavy atom. The molecule has 1 aromatic carbocycles. The van der Waals surface area contributed by atoms with E-state index in [-0.39, 0.29) is 36.5 Å². The number of anilines is 1. The molecule has 10 heteroatoms. The van der Waals surface area contributed by atoms with Crippen molar-refractivity contribution in [3.05, 3.63) is 58.3 Å². The summed E-state index contributed by atoms with van der Waals surface area (Å²) in [4.78, 5) is 37.5. The number of rotatable bonds is 5. The van der Waals surface area contributed by atoms with Gasteiger partial charge in [-0.2, -0.15) is 0 Å². The molecular formula is C24H27N5O5. The number of benzene rings is 1. The monoisotopic (exact) mass is 465 g/mol. The summed E-state index contributed by atoms with van der Waals surface area (Å²) < 4.78 is 11.0. The molecule has 0 N–H and O–H groups in total. The van der Waals surface area contributed by atoms with Gasteiger partial charge in [0.25, 0.3) is 5.69 Å². The summed E-state index contributed by atoms with van der Waals surface area (Å²) in [5.74, 6) is 1.34. The number of ether oxygens (including phenoxy) is 2. The van der Waals surface area contributed by atoms with Crippen LogP contribution in [-0.4, -0.2) is 64.3 Å². The quantitative estimate of drug-likeness (QED) is 0.374. The number of amides is 1. The summed E-state index contributed by atoms with van der Waals surface area (Å²) in [6.07, 6.45) is 3.54. The Morgan fingerprint density at radius 3 is 2.82 bits per heavy atom. The summed E-state index contributed by atoms with van der Waals surface area (Å²) in [6, 6.07) is 6.28. The molecule has 0 spiro atoms. The molecule has 34 heavy (non-hydrogen) atoms. The number of morpholine rings is 1. The Kier molecular flexibility index (Phi) is 5.91. The number of nitro groups is 1. The van der Waals surface area contributed by atoms with Crippen molar-refractivity contribution < 1.29 is 19.2 Å². The number of carbonyl (C=O) groups excluding carboxylic acids is 1. The highest BCUT2D eigenvalue weighted by molar-refractivity contribution is 5.72. The standard InChI is InChI=1S/C24H27N5O5/c1-3-11-34-24(30)28-18-8-9-20(28)21-19(13-18)25-22(16-4-6-17(7-5-16)29(31)32)26-23(21)27-10-12-33-14-15(27)2/h3-7,15,18,20H,1,8-14H2,2H3/t15-,18-,20+/m0/s1. The SMILES string of the molecule is C=CCOC(=O)N1[C@H]2CC[C@@H]1c1c(nc(-c3ccc([N+](=O)[O-])cc3)nc1N1CCOC[C@@H]1C)C2. The molecule has 2 aromatic rings. The van der Waals surface area contributed by atoms with Crippen molar-refractivity contribution in [3.8, 4) is 11.4 Å². The fraction of sp³-hybridized carbons (Fsp3) is 0.458. The highest BCUT2D eigenvalue weighted by Gasteiger charge is 2.46. The average Bonchev–Trinajstić information content (AvgIpc) is 3.16. The van der Waals surface area contributed by atoms with Crippen LogP contribution in [0, 0.1) is 10.1 Å². The van der Waals surface area contributed by atoms with E-state index in [0.717, 1.165) is 35.5 Å². The number of nitrogens with zero attached hydrogens (tertiary/aromatic N) is 5. The third-order valence-corrected chi connectivity index (χ3v) is 6.78. The van der Waals surface area contributed by atoms with Crippen LogP contribution in [0.15, 0.2) is 36.9 Å². The van der Waals surface area contributed by atoms with Gasteiger partial charge in [-0.1, -0.05) is 12.7 Å². The minimum Gasteiger partial charge on any atom is -0.445 e. The first-order valence-corrected chi connectivity index (χ1v) is 11.5. The van der Waals surface area contributed by atoms with Crippen molar-refractivity contribution in [2.24, 2.45) is 0 Å². The number of non-ortho nitro benzene ring substituents is 1.